The van der Waals surface area contributed by atoms with E-state index in [9.17, 15) is 13.6 Å². The van der Waals surface area contributed by atoms with E-state index in [4.69, 9.17) is 4.74 Å². The van der Waals surface area contributed by atoms with Crippen LogP contribution in [0.2, 0.25) is 0 Å². The monoisotopic (exact) mass is 410 g/mol. The third-order valence-corrected chi connectivity index (χ3v) is 5.53. The summed E-state index contributed by atoms with van der Waals surface area (Å²) in [5.74, 6) is -1.26. The Morgan fingerprint density at radius 3 is 2.80 bits per heavy atom. The van der Waals surface area contributed by atoms with Gasteiger partial charge in [-0.25, -0.2) is 8.78 Å². The molecular formula is C24H24F2N2O2. The van der Waals surface area contributed by atoms with Crippen molar-refractivity contribution in [2.45, 2.75) is 25.6 Å². The van der Waals surface area contributed by atoms with Crippen LogP contribution in [-0.2, 0) is 16.1 Å². The first-order chi connectivity index (χ1) is 14.5. The predicted octanol–water partition coefficient (Wildman–Crippen LogP) is 4.20. The average Bonchev–Trinajstić information content (AvgIpc) is 2.76. The number of rotatable bonds is 6. The van der Waals surface area contributed by atoms with Crippen molar-refractivity contribution in [3.63, 3.8) is 0 Å². The second-order valence-electron chi connectivity index (χ2n) is 7.64. The van der Waals surface area contributed by atoms with Crippen LogP contribution in [-0.4, -0.2) is 36.6 Å². The molecule has 2 atom stereocenters. The molecule has 1 heterocycles. The first-order valence-electron chi connectivity index (χ1n) is 10.1. The highest BCUT2D eigenvalue weighted by Gasteiger charge is 2.27. The van der Waals surface area contributed by atoms with E-state index >= 15 is 0 Å². The molecule has 0 aliphatic carbocycles. The van der Waals surface area contributed by atoms with Crippen molar-refractivity contribution in [1.82, 2.24) is 10.2 Å². The number of benzene rings is 3. The molecular weight excluding hydrogens is 386 g/mol. The quantitative estimate of drug-likeness (QED) is 0.662. The van der Waals surface area contributed by atoms with Crippen LogP contribution in [0, 0.1) is 11.6 Å². The van der Waals surface area contributed by atoms with Crippen LogP contribution in [0.5, 0.6) is 0 Å². The molecule has 4 rings (SSSR count). The molecule has 1 N–H and O–H groups in total. The molecule has 1 fully saturated rings. The highest BCUT2D eigenvalue weighted by molar-refractivity contribution is 5.86. The van der Waals surface area contributed by atoms with Gasteiger partial charge >= 0.3 is 0 Å². The van der Waals surface area contributed by atoms with Gasteiger partial charge in [-0.15, -0.1) is 0 Å². The Morgan fingerprint density at radius 1 is 1.13 bits per heavy atom. The highest BCUT2D eigenvalue weighted by atomic mass is 19.1. The van der Waals surface area contributed by atoms with Crippen LogP contribution in [0.4, 0.5) is 8.78 Å². The maximum Gasteiger partial charge on any atom is 0.248 e. The molecule has 0 radical (unpaired) electrons. The van der Waals surface area contributed by atoms with Crippen LogP contribution in [0.15, 0.2) is 60.7 Å². The standard InChI is InChI=1S/C24H24F2N2O2/c1-16(21-8-4-6-17-5-2-3-7-22(17)21)27-12-20-14-28(24(29)15-30-20)13-18-11-19(25)9-10-23(18)26/h2-11,16,20,27H,12-15H2,1H3/t16-,20?/m1/s1. The molecule has 6 heteroatoms. The van der Waals surface area contributed by atoms with Crippen molar-refractivity contribution in [3.8, 4) is 0 Å². The number of amides is 1. The van der Waals surface area contributed by atoms with Crippen molar-refractivity contribution in [2.24, 2.45) is 0 Å². The van der Waals surface area contributed by atoms with E-state index in [0.29, 0.717) is 13.1 Å². The summed E-state index contributed by atoms with van der Waals surface area (Å²) >= 11 is 0. The Morgan fingerprint density at radius 2 is 1.93 bits per heavy atom. The first kappa shape index (κ1) is 20.4. The second-order valence-corrected chi connectivity index (χ2v) is 7.64. The summed E-state index contributed by atoms with van der Waals surface area (Å²) in [6, 6.07) is 17.8. The number of hydrogen-bond acceptors (Lipinski definition) is 3. The van der Waals surface area contributed by atoms with Crippen LogP contribution >= 0.6 is 0 Å². The minimum absolute atomic E-state index is 0.0289. The van der Waals surface area contributed by atoms with E-state index in [1.54, 1.807) is 0 Å². The lowest BCUT2D eigenvalue weighted by atomic mass is 9.99. The summed E-state index contributed by atoms with van der Waals surface area (Å²) in [5.41, 5.74) is 1.36. The summed E-state index contributed by atoms with van der Waals surface area (Å²) in [4.78, 5) is 13.7. The molecule has 1 aliphatic rings. The molecule has 0 saturated carbocycles. The normalized spacial score (nSPS) is 18.0. The summed E-state index contributed by atoms with van der Waals surface area (Å²) in [7, 11) is 0. The Bertz CT molecular complexity index is 1050. The van der Waals surface area contributed by atoms with Crippen molar-refractivity contribution in [1.29, 1.82) is 0 Å². The summed E-state index contributed by atoms with van der Waals surface area (Å²) in [6.07, 6.45) is -0.225. The predicted molar refractivity (Wildman–Crippen MR) is 112 cm³/mol. The van der Waals surface area contributed by atoms with Gasteiger partial charge in [0, 0.05) is 31.2 Å². The number of ether oxygens (including phenoxy) is 1. The van der Waals surface area contributed by atoms with E-state index in [1.807, 2.05) is 18.2 Å². The van der Waals surface area contributed by atoms with Gasteiger partial charge in [0.1, 0.15) is 18.2 Å². The third-order valence-electron chi connectivity index (χ3n) is 5.53. The van der Waals surface area contributed by atoms with Gasteiger partial charge in [0.25, 0.3) is 0 Å². The van der Waals surface area contributed by atoms with Gasteiger partial charge in [0.2, 0.25) is 5.91 Å². The van der Waals surface area contributed by atoms with E-state index in [-0.39, 0.29) is 36.8 Å². The highest BCUT2D eigenvalue weighted by Crippen LogP contribution is 2.24. The fourth-order valence-electron chi connectivity index (χ4n) is 3.87. The van der Waals surface area contributed by atoms with Gasteiger partial charge in [0.15, 0.2) is 0 Å². The summed E-state index contributed by atoms with van der Waals surface area (Å²) in [6.45, 7) is 2.92. The molecule has 3 aromatic carbocycles. The molecule has 1 saturated heterocycles. The van der Waals surface area contributed by atoms with Gasteiger partial charge in [-0.1, -0.05) is 42.5 Å². The van der Waals surface area contributed by atoms with Crippen molar-refractivity contribution >= 4 is 16.7 Å². The largest absolute Gasteiger partial charge is 0.365 e. The number of morpholine rings is 1. The van der Waals surface area contributed by atoms with E-state index in [1.165, 1.54) is 21.2 Å². The number of nitrogens with one attached hydrogen (secondary N) is 1. The van der Waals surface area contributed by atoms with Gasteiger partial charge in [-0.05, 0) is 41.5 Å². The number of halogens is 2. The van der Waals surface area contributed by atoms with Crippen molar-refractivity contribution in [2.75, 3.05) is 19.7 Å². The molecule has 0 aromatic heterocycles. The fraction of sp³-hybridized carbons (Fsp3) is 0.292. The first-order valence-corrected chi connectivity index (χ1v) is 10.1. The number of carbonyl (C=O) groups excluding carboxylic acids is 1. The molecule has 30 heavy (non-hydrogen) atoms. The lowest BCUT2D eigenvalue weighted by Gasteiger charge is -2.33. The Hall–Kier alpha value is -2.83. The van der Waals surface area contributed by atoms with Crippen molar-refractivity contribution in [3.05, 3.63) is 83.4 Å². The fourth-order valence-corrected chi connectivity index (χ4v) is 3.87. The van der Waals surface area contributed by atoms with Gasteiger partial charge < -0.3 is 15.0 Å². The number of hydrogen-bond donors (Lipinski definition) is 1. The number of carbonyl (C=O) groups is 1. The SMILES string of the molecule is C[C@@H](NCC1CN(Cc2cc(F)ccc2F)C(=O)CO1)c1cccc2ccccc12. The second kappa shape index (κ2) is 8.90. The van der Waals surface area contributed by atoms with Gasteiger partial charge in [-0.3, -0.25) is 4.79 Å². The minimum atomic E-state index is -0.519. The van der Waals surface area contributed by atoms with E-state index in [0.717, 1.165) is 18.2 Å². The zero-order chi connectivity index (χ0) is 21.1. The van der Waals surface area contributed by atoms with Gasteiger partial charge in [0.05, 0.1) is 6.10 Å². The molecule has 156 valence electrons. The molecule has 1 aliphatic heterocycles. The lowest BCUT2D eigenvalue weighted by molar-refractivity contribution is -0.149. The van der Waals surface area contributed by atoms with Crippen LogP contribution in [0.1, 0.15) is 24.1 Å². The van der Waals surface area contributed by atoms with Gasteiger partial charge in [-0.2, -0.15) is 0 Å². The molecule has 0 spiro atoms. The van der Waals surface area contributed by atoms with Crippen LogP contribution < -0.4 is 5.32 Å². The Kier molecular flexibility index (Phi) is 6.06. The molecule has 1 unspecified atom stereocenters. The maximum atomic E-state index is 14.0. The average molecular weight is 410 g/mol. The minimum Gasteiger partial charge on any atom is -0.365 e. The third kappa shape index (κ3) is 4.50. The Labute approximate surface area is 174 Å². The Balaban J connectivity index is 1.40. The molecule has 3 aromatic rings. The molecule has 1 amide bonds. The smallest absolute Gasteiger partial charge is 0.248 e. The number of nitrogens with zero attached hydrogens (tertiary/aromatic N) is 1. The van der Waals surface area contributed by atoms with E-state index < -0.39 is 11.6 Å². The van der Waals surface area contributed by atoms with Crippen LogP contribution in [0.3, 0.4) is 0 Å². The molecule has 4 nitrogen and oxygen atoms in total. The zero-order valence-electron chi connectivity index (χ0n) is 16.8. The van der Waals surface area contributed by atoms with Crippen molar-refractivity contribution < 1.29 is 18.3 Å². The molecule has 0 bridgehead atoms. The zero-order valence-corrected chi connectivity index (χ0v) is 16.8. The summed E-state index contributed by atoms with van der Waals surface area (Å²) < 4.78 is 33.1. The summed E-state index contributed by atoms with van der Waals surface area (Å²) in [5, 5.41) is 5.87. The van der Waals surface area contributed by atoms with Crippen LogP contribution in [0.25, 0.3) is 10.8 Å². The lowest BCUT2D eigenvalue weighted by Crippen LogP contribution is -2.49. The van der Waals surface area contributed by atoms with E-state index in [2.05, 4.69) is 36.5 Å². The maximum absolute atomic E-state index is 14.0. The topological polar surface area (TPSA) is 41.6 Å². The number of fused-ring (bicyclic) bond motifs is 1.